The van der Waals surface area contributed by atoms with E-state index in [0.717, 1.165) is 48.6 Å². The van der Waals surface area contributed by atoms with Crippen LogP contribution in [0.5, 0.6) is 11.5 Å². The van der Waals surface area contributed by atoms with E-state index in [1.807, 2.05) is 0 Å². The summed E-state index contributed by atoms with van der Waals surface area (Å²) in [6.45, 7) is 2.04. The molecule has 166 valence electrons. The number of fused-ring (bicyclic) bond motifs is 1. The minimum atomic E-state index is -0.711. The maximum atomic E-state index is 13.1. The van der Waals surface area contributed by atoms with Crippen LogP contribution in [0, 0.1) is 10.1 Å². The number of hydrogen-bond donors (Lipinski definition) is 1. The van der Waals surface area contributed by atoms with Crippen molar-refractivity contribution >= 4 is 33.9 Å². The molecular formula is C21H24N2O7S. The topological polar surface area (TPSA) is 117 Å². The van der Waals surface area contributed by atoms with Crippen LogP contribution in [-0.4, -0.2) is 37.6 Å². The Bertz CT molecular complexity index is 1020. The summed E-state index contributed by atoms with van der Waals surface area (Å²) >= 11 is 1.32. The van der Waals surface area contributed by atoms with E-state index < -0.39 is 22.5 Å². The van der Waals surface area contributed by atoms with Crippen molar-refractivity contribution in [1.82, 2.24) is 0 Å². The predicted molar refractivity (Wildman–Crippen MR) is 116 cm³/mol. The Morgan fingerprint density at radius 1 is 1.16 bits per heavy atom. The van der Waals surface area contributed by atoms with Crippen LogP contribution in [0.15, 0.2) is 12.1 Å². The zero-order chi connectivity index (χ0) is 22.5. The summed E-state index contributed by atoms with van der Waals surface area (Å²) in [6, 6.07) is 2.44. The fourth-order valence-electron chi connectivity index (χ4n) is 3.63. The van der Waals surface area contributed by atoms with E-state index in [4.69, 9.17) is 14.2 Å². The Kier molecular flexibility index (Phi) is 7.11. The highest BCUT2D eigenvalue weighted by Gasteiger charge is 2.29. The van der Waals surface area contributed by atoms with E-state index in [1.54, 1.807) is 6.92 Å². The summed E-state index contributed by atoms with van der Waals surface area (Å²) in [7, 11) is 2.65. The van der Waals surface area contributed by atoms with Gasteiger partial charge in [0.1, 0.15) is 10.6 Å². The highest BCUT2D eigenvalue weighted by Crippen LogP contribution is 2.39. The Morgan fingerprint density at radius 2 is 1.90 bits per heavy atom. The van der Waals surface area contributed by atoms with Gasteiger partial charge in [-0.05, 0) is 38.2 Å². The number of benzene rings is 1. The largest absolute Gasteiger partial charge is 0.493 e. The van der Waals surface area contributed by atoms with Gasteiger partial charge in [0.15, 0.2) is 11.5 Å². The third kappa shape index (κ3) is 4.63. The Morgan fingerprint density at radius 3 is 2.55 bits per heavy atom. The summed E-state index contributed by atoms with van der Waals surface area (Å²) in [5.41, 5.74) is 0.618. The average Bonchev–Trinajstić information content (AvgIpc) is 2.92. The lowest BCUT2D eigenvalue weighted by molar-refractivity contribution is -0.385. The summed E-state index contributed by atoms with van der Waals surface area (Å²) in [5.74, 6) is -0.870. The molecule has 31 heavy (non-hydrogen) atoms. The number of nitro benzene ring substituents is 1. The molecule has 0 radical (unpaired) electrons. The van der Waals surface area contributed by atoms with E-state index in [-0.39, 0.29) is 17.1 Å². The lowest BCUT2D eigenvalue weighted by Crippen LogP contribution is -2.16. The molecule has 0 atom stereocenters. The number of thiophene rings is 1. The molecule has 10 heteroatoms. The predicted octanol–water partition coefficient (Wildman–Crippen LogP) is 4.37. The Hall–Kier alpha value is -3.14. The standard InChI is InChI=1S/C21H24N2O7S/c1-4-30-16-10-13(14(23(26)27)11-15(16)28-2)19(24)22-20-18(21(25)29-3)12-8-6-5-7-9-17(12)31-20/h10-11H,4-9H2,1-3H3,(H,22,24). The quantitative estimate of drug-likeness (QED) is 0.289. The molecule has 0 unspecified atom stereocenters. The van der Waals surface area contributed by atoms with Gasteiger partial charge in [-0.2, -0.15) is 0 Å². The normalized spacial score (nSPS) is 13.0. The van der Waals surface area contributed by atoms with Gasteiger partial charge in [-0.1, -0.05) is 6.42 Å². The average molecular weight is 448 g/mol. The minimum absolute atomic E-state index is 0.156. The second kappa shape index (κ2) is 9.78. The summed E-state index contributed by atoms with van der Waals surface area (Å²) in [6.07, 6.45) is 4.56. The van der Waals surface area contributed by atoms with Crippen molar-refractivity contribution in [2.24, 2.45) is 0 Å². The van der Waals surface area contributed by atoms with Crippen molar-refractivity contribution < 1.29 is 28.7 Å². The number of esters is 1. The molecule has 0 fully saturated rings. The van der Waals surface area contributed by atoms with E-state index >= 15 is 0 Å². The highest BCUT2D eigenvalue weighted by molar-refractivity contribution is 7.17. The number of hydrogen-bond acceptors (Lipinski definition) is 8. The first-order chi connectivity index (χ1) is 14.9. The van der Waals surface area contributed by atoms with Crippen LogP contribution in [0.2, 0.25) is 0 Å². The summed E-state index contributed by atoms with van der Waals surface area (Å²) in [4.78, 5) is 37.5. The van der Waals surface area contributed by atoms with Gasteiger partial charge in [-0.15, -0.1) is 11.3 Å². The Labute approximate surface area is 183 Å². The van der Waals surface area contributed by atoms with Gasteiger partial charge in [0.25, 0.3) is 11.6 Å². The van der Waals surface area contributed by atoms with Crippen LogP contribution >= 0.6 is 11.3 Å². The zero-order valence-electron chi connectivity index (χ0n) is 17.6. The molecule has 2 aromatic rings. The Balaban J connectivity index is 2.04. The number of aryl methyl sites for hydroxylation is 1. The minimum Gasteiger partial charge on any atom is -0.493 e. The number of carbonyl (C=O) groups is 2. The SMILES string of the molecule is CCOc1cc(C(=O)Nc2sc3c(c2C(=O)OC)CCCCC3)c([N+](=O)[O-])cc1OC. The lowest BCUT2D eigenvalue weighted by Gasteiger charge is -2.12. The molecule has 0 aliphatic heterocycles. The van der Waals surface area contributed by atoms with Gasteiger partial charge in [0.2, 0.25) is 0 Å². The third-order valence-electron chi connectivity index (χ3n) is 5.06. The maximum absolute atomic E-state index is 13.1. The van der Waals surface area contributed by atoms with Crippen molar-refractivity contribution in [3.05, 3.63) is 43.8 Å². The van der Waals surface area contributed by atoms with Crippen LogP contribution in [0.4, 0.5) is 10.7 Å². The molecule has 9 nitrogen and oxygen atoms in total. The second-order valence-electron chi connectivity index (χ2n) is 6.92. The molecular weight excluding hydrogens is 424 g/mol. The van der Waals surface area contributed by atoms with Crippen LogP contribution in [-0.2, 0) is 17.6 Å². The molecule has 0 spiro atoms. The fourth-order valence-corrected chi connectivity index (χ4v) is 4.90. The van der Waals surface area contributed by atoms with Gasteiger partial charge in [-0.25, -0.2) is 4.79 Å². The number of nitrogens with zero attached hydrogens (tertiary/aromatic N) is 1. The highest BCUT2D eigenvalue weighted by atomic mass is 32.1. The molecule has 1 aliphatic rings. The second-order valence-corrected chi connectivity index (χ2v) is 8.03. The first-order valence-electron chi connectivity index (χ1n) is 9.94. The molecule has 1 heterocycles. The third-order valence-corrected chi connectivity index (χ3v) is 6.27. The summed E-state index contributed by atoms with van der Waals surface area (Å²) < 4.78 is 15.6. The van der Waals surface area contributed by atoms with Crippen molar-refractivity contribution in [3.63, 3.8) is 0 Å². The monoisotopic (exact) mass is 448 g/mol. The number of anilines is 1. The fraction of sp³-hybridized carbons (Fsp3) is 0.429. The molecule has 1 aromatic carbocycles. The van der Waals surface area contributed by atoms with E-state index in [2.05, 4.69) is 5.32 Å². The van der Waals surface area contributed by atoms with Crippen molar-refractivity contribution in [2.45, 2.75) is 39.0 Å². The van der Waals surface area contributed by atoms with E-state index in [9.17, 15) is 19.7 Å². The molecule has 0 saturated heterocycles. The number of methoxy groups -OCH3 is 2. The van der Waals surface area contributed by atoms with Gasteiger partial charge >= 0.3 is 5.97 Å². The van der Waals surface area contributed by atoms with Crippen LogP contribution in [0.3, 0.4) is 0 Å². The lowest BCUT2D eigenvalue weighted by atomic mass is 10.1. The first kappa shape index (κ1) is 22.5. The molecule has 1 amide bonds. The smallest absolute Gasteiger partial charge is 0.341 e. The maximum Gasteiger partial charge on any atom is 0.341 e. The molecule has 1 N–H and O–H groups in total. The number of rotatable bonds is 7. The molecule has 0 saturated carbocycles. The van der Waals surface area contributed by atoms with Crippen molar-refractivity contribution in [2.75, 3.05) is 26.1 Å². The number of carbonyl (C=O) groups excluding carboxylic acids is 2. The van der Waals surface area contributed by atoms with Crippen LogP contribution in [0.25, 0.3) is 0 Å². The molecule has 0 bridgehead atoms. The number of nitrogens with one attached hydrogen (secondary N) is 1. The van der Waals surface area contributed by atoms with Crippen LogP contribution < -0.4 is 14.8 Å². The molecule has 1 aromatic heterocycles. The van der Waals surface area contributed by atoms with Gasteiger partial charge in [0, 0.05) is 10.9 Å². The zero-order valence-corrected chi connectivity index (χ0v) is 18.4. The molecule has 3 rings (SSSR count). The van der Waals surface area contributed by atoms with E-state index in [0.29, 0.717) is 17.2 Å². The van der Waals surface area contributed by atoms with E-state index in [1.165, 1.54) is 31.6 Å². The number of nitro groups is 1. The van der Waals surface area contributed by atoms with Crippen LogP contribution in [0.1, 0.15) is 57.3 Å². The van der Waals surface area contributed by atoms with Crippen molar-refractivity contribution in [1.29, 1.82) is 0 Å². The molecule has 1 aliphatic carbocycles. The number of ether oxygens (including phenoxy) is 3. The summed E-state index contributed by atoms with van der Waals surface area (Å²) in [5, 5.41) is 14.6. The van der Waals surface area contributed by atoms with Crippen molar-refractivity contribution in [3.8, 4) is 11.5 Å². The van der Waals surface area contributed by atoms with Gasteiger partial charge in [0.05, 0.1) is 37.4 Å². The first-order valence-corrected chi connectivity index (χ1v) is 10.8. The van der Waals surface area contributed by atoms with Gasteiger partial charge < -0.3 is 19.5 Å². The van der Waals surface area contributed by atoms with Gasteiger partial charge in [-0.3, -0.25) is 14.9 Å². The number of amides is 1.